The topological polar surface area (TPSA) is 68.3 Å². The van der Waals surface area contributed by atoms with Crippen LogP contribution in [0.3, 0.4) is 0 Å². The fourth-order valence-corrected chi connectivity index (χ4v) is 4.43. The molecular weight excluding hydrogens is 372 g/mol. The van der Waals surface area contributed by atoms with Gasteiger partial charge in [-0.2, -0.15) is 0 Å². The number of hydrogen-bond donors (Lipinski definition) is 1. The highest BCUT2D eigenvalue weighted by Gasteiger charge is 2.43. The van der Waals surface area contributed by atoms with Crippen molar-refractivity contribution in [2.45, 2.75) is 44.9 Å². The second kappa shape index (κ2) is 7.76. The number of benzene rings is 1. The smallest absolute Gasteiger partial charge is 0.350 e. The van der Waals surface area contributed by atoms with E-state index < -0.39 is 11.4 Å². The summed E-state index contributed by atoms with van der Waals surface area (Å²) in [5, 5.41) is 4.00. The number of aryl methyl sites for hydroxylation is 1. The first-order chi connectivity index (χ1) is 12.5. The molecule has 0 unspecified atom stereocenters. The van der Waals surface area contributed by atoms with E-state index in [0.717, 1.165) is 42.6 Å². The van der Waals surface area contributed by atoms with Gasteiger partial charge in [0, 0.05) is 5.02 Å². The van der Waals surface area contributed by atoms with Gasteiger partial charge in [-0.3, -0.25) is 4.79 Å². The molecule has 2 aromatic rings. The van der Waals surface area contributed by atoms with Crippen molar-refractivity contribution in [1.29, 1.82) is 0 Å². The number of carbonyl (C=O) groups excluding carboxylic acids is 2. The molecule has 0 bridgehead atoms. The number of aromatic nitrogens is 1. The maximum Gasteiger partial charge on any atom is 0.350 e. The summed E-state index contributed by atoms with van der Waals surface area (Å²) in [7, 11) is 0. The van der Waals surface area contributed by atoms with E-state index in [1.807, 2.05) is 24.3 Å². The Kier molecular flexibility index (Phi) is 5.63. The summed E-state index contributed by atoms with van der Waals surface area (Å²) >= 11 is 7.15. The Morgan fingerprint density at radius 2 is 1.92 bits per heavy atom. The molecule has 1 saturated carbocycles. The van der Waals surface area contributed by atoms with Gasteiger partial charge in [0.1, 0.15) is 4.88 Å². The number of nitrogens with one attached hydrogen (secondary N) is 1. The van der Waals surface area contributed by atoms with Crippen LogP contribution in [-0.2, 0) is 14.9 Å². The molecule has 1 aliphatic carbocycles. The summed E-state index contributed by atoms with van der Waals surface area (Å²) in [4.78, 5) is 29.9. The zero-order valence-electron chi connectivity index (χ0n) is 14.8. The van der Waals surface area contributed by atoms with E-state index in [2.05, 4.69) is 10.3 Å². The predicted octanol–water partition coefficient (Wildman–Crippen LogP) is 4.73. The van der Waals surface area contributed by atoms with E-state index in [9.17, 15) is 9.59 Å². The van der Waals surface area contributed by atoms with Crippen LogP contribution in [0.5, 0.6) is 0 Å². The molecule has 1 amide bonds. The van der Waals surface area contributed by atoms with Gasteiger partial charge in [-0.15, -0.1) is 0 Å². The van der Waals surface area contributed by atoms with Crippen LogP contribution in [-0.4, -0.2) is 23.5 Å². The molecule has 1 N–H and O–H groups in total. The normalized spacial score (nSPS) is 15.7. The summed E-state index contributed by atoms with van der Waals surface area (Å²) in [6, 6.07) is 7.47. The van der Waals surface area contributed by atoms with Gasteiger partial charge in [-0.25, -0.2) is 9.78 Å². The van der Waals surface area contributed by atoms with Crippen molar-refractivity contribution in [2.24, 2.45) is 0 Å². The third kappa shape index (κ3) is 3.62. The van der Waals surface area contributed by atoms with Crippen LogP contribution in [0, 0.1) is 6.92 Å². The van der Waals surface area contributed by atoms with E-state index in [1.54, 1.807) is 13.8 Å². The zero-order chi connectivity index (χ0) is 18.7. The standard InChI is InChI=1S/C19H21ClN2O3S/c1-3-25-16(23)15-12(2)21-18(26-15)22-17(24)19(10-4-5-11-19)13-6-8-14(20)9-7-13/h6-9H,3-5,10-11H2,1-2H3,(H,21,22,24). The molecule has 0 radical (unpaired) electrons. The number of thiazole rings is 1. The van der Waals surface area contributed by atoms with Crippen LogP contribution in [0.1, 0.15) is 53.5 Å². The fraction of sp³-hybridized carbons (Fsp3) is 0.421. The second-order valence-corrected chi connectivity index (χ2v) is 7.84. The summed E-state index contributed by atoms with van der Waals surface area (Å²) in [6.07, 6.45) is 3.58. The largest absolute Gasteiger partial charge is 0.462 e. The number of amides is 1. The van der Waals surface area contributed by atoms with Crippen molar-refractivity contribution in [3.8, 4) is 0 Å². The molecule has 3 rings (SSSR count). The van der Waals surface area contributed by atoms with Crippen LogP contribution >= 0.6 is 22.9 Å². The van der Waals surface area contributed by atoms with Gasteiger partial charge in [0.15, 0.2) is 5.13 Å². The number of esters is 1. The molecule has 1 aliphatic rings. The van der Waals surface area contributed by atoms with E-state index >= 15 is 0 Å². The lowest BCUT2D eigenvalue weighted by Gasteiger charge is -2.27. The molecule has 26 heavy (non-hydrogen) atoms. The predicted molar refractivity (Wildman–Crippen MR) is 103 cm³/mol. The summed E-state index contributed by atoms with van der Waals surface area (Å²) in [5.74, 6) is -0.488. The van der Waals surface area contributed by atoms with Gasteiger partial charge in [-0.05, 0) is 44.4 Å². The lowest BCUT2D eigenvalue weighted by molar-refractivity contribution is -0.121. The van der Waals surface area contributed by atoms with Gasteiger partial charge in [-0.1, -0.05) is 47.9 Å². The molecule has 0 saturated heterocycles. The Hall–Kier alpha value is -1.92. The highest BCUT2D eigenvalue weighted by molar-refractivity contribution is 7.17. The second-order valence-electron chi connectivity index (χ2n) is 6.40. The van der Waals surface area contributed by atoms with Gasteiger partial charge >= 0.3 is 5.97 Å². The highest BCUT2D eigenvalue weighted by atomic mass is 35.5. The molecule has 7 heteroatoms. The van der Waals surface area contributed by atoms with Gasteiger partial charge in [0.25, 0.3) is 0 Å². The zero-order valence-corrected chi connectivity index (χ0v) is 16.4. The maximum atomic E-state index is 13.1. The minimum Gasteiger partial charge on any atom is -0.462 e. The molecule has 138 valence electrons. The lowest BCUT2D eigenvalue weighted by atomic mass is 9.78. The average molecular weight is 393 g/mol. The first-order valence-corrected chi connectivity index (χ1v) is 9.88. The highest BCUT2D eigenvalue weighted by Crippen LogP contribution is 2.42. The lowest BCUT2D eigenvalue weighted by Crippen LogP contribution is -2.37. The molecule has 1 aromatic carbocycles. The van der Waals surface area contributed by atoms with E-state index in [0.29, 0.717) is 27.3 Å². The average Bonchev–Trinajstić information content (AvgIpc) is 3.23. The third-order valence-corrected chi connectivity index (χ3v) is 6.07. The van der Waals surface area contributed by atoms with Crippen molar-refractivity contribution < 1.29 is 14.3 Å². The molecule has 1 heterocycles. The number of ether oxygens (including phenoxy) is 1. The first kappa shape index (κ1) is 18.9. The number of halogens is 1. The van der Waals surface area contributed by atoms with Crippen molar-refractivity contribution in [1.82, 2.24) is 4.98 Å². The summed E-state index contributed by atoms with van der Waals surface area (Å²) < 4.78 is 5.03. The molecular formula is C19H21ClN2O3S. The quantitative estimate of drug-likeness (QED) is 0.746. The van der Waals surface area contributed by atoms with Gasteiger partial charge in [0.05, 0.1) is 17.7 Å². The van der Waals surface area contributed by atoms with Crippen LogP contribution in [0.25, 0.3) is 0 Å². The molecule has 5 nitrogen and oxygen atoms in total. The number of nitrogens with zero attached hydrogens (tertiary/aromatic N) is 1. The van der Waals surface area contributed by atoms with Crippen LogP contribution < -0.4 is 5.32 Å². The number of hydrogen-bond acceptors (Lipinski definition) is 5. The minimum atomic E-state index is -0.575. The monoisotopic (exact) mass is 392 g/mol. The SMILES string of the molecule is CCOC(=O)c1sc(NC(=O)C2(c3ccc(Cl)cc3)CCCC2)nc1C. The Morgan fingerprint density at radius 1 is 1.27 bits per heavy atom. The fourth-order valence-electron chi connectivity index (χ4n) is 3.45. The maximum absolute atomic E-state index is 13.1. The van der Waals surface area contributed by atoms with E-state index in [-0.39, 0.29) is 5.91 Å². The molecule has 0 spiro atoms. The van der Waals surface area contributed by atoms with E-state index in [4.69, 9.17) is 16.3 Å². The van der Waals surface area contributed by atoms with Gasteiger partial charge < -0.3 is 10.1 Å². The van der Waals surface area contributed by atoms with Crippen molar-refractivity contribution in [2.75, 3.05) is 11.9 Å². The van der Waals surface area contributed by atoms with Crippen molar-refractivity contribution >= 4 is 39.9 Å². The number of carbonyl (C=O) groups is 2. The molecule has 1 fully saturated rings. The summed E-state index contributed by atoms with van der Waals surface area (Å²) in [5.41, 5.74) is 0.959. The number of rotatable bonds is 5. The Bertz CT molecular complexity index is 811. The van der Waals surface area contributed by atoms with Crippen LogP contribution in [0.2, 0.25) is 5.02 Å². The third-order valence-electron chi connectivity index (χ3n) is 4.77. The molecule has 1 aromatic heterocycles. The molecule has 0 aliphatic heterocycles. The minimum absolute atomic E-state index is 0.0820. The van der Waals surface area contributed by atoms with Gasteiger partial charge in [0.2, 0.25) is 5.91 Å². The Balaban J connectivity index is 1.84. The number of anilines is 1. The first-order valence-electron chi connectivity index (χ1n) is 8.68. The van der Waals surface area contributed by atoms with Crippen LogP contribution in [0.15, 0.2) is 24.3 Å². The van der Waals surface area contributed by atoms with Crippen molar-refractivity contribution in [3.05, 3.63) is 45.4 Å². The van der Waals surface area contributed by atoms with E-state index in [1.165, 1.54) is 0 Å². The summed E-state index contributed by atoms with van der Waals surface area (Å²) in [6.45, 7) is 3.80. The Morgan fingerprint density at radius 3 is 2.54 bits per heavy atom. The Labute approximate surface area is 161 Å². The molecule has 0 atom stereocenters. The van der Waals surface area contributed by atoms with Crippen molar-refractivity contribution in [3.63, 3.8) is 0 Å². The van der Waals surface area contributed by atoms with Crippen LogP contribution in [0.4, 0.5) is 5.13 Å².